The zero-order valence-corrected chi connectivity index (χ0v) is 10.1. The molecule has 90 valence electrons. The standard InChI is InChI=1S/C12H15FN4/c1-8-4-5-10(13)9(6-8)12(14-2)11-7-15-17(3)16-11/h4-7,12,14H,1-3H3. The molecule has 0 bridgehead atoms. The van der Waals surface area contributed by atoms with Crippen molar-refractivity contribution in [2.75, 3.05) is 7.05 Å². The lowest BCUT2D eigenvalue weighted by Gasteiger charge is -2.15. The molecule has 1 aromatic heterocycles. The summed E-state index contributed by atoms with van der Waals surface area (Å²) in [5, 5.41) is 11.3. The maximum Gasteiger partial charge on any atom is 0.128 e. The van der Waals surface area contributed by atoms with Crippen molar-refractivity contribution in [1.82, 2.24) is 20.3 Å². The van der Waals surface area contributed by atoms with Gasteiger partial charge in [-0.2, -0.15) is 15.0 Å². The molecule has 0 saturated carbocycles. The molecule has 0 aliphatic carbocycles. The van der Waals surface area contributed by atoms with E-state index in [1.54, 1.807) is 26.4 Å². The fourth-order valence-corrected chi connectivity index (χ4v) is 1.84. The van der Waals surface area contributed by atoms with Crippen molar-refractivity contribution in [3.8, 4) is 0 Å². The van der Waals surface area contributed by atoms with Gasteiger partial charge in [-0.25, -0.2) is 4.39 Å². The molecule has 2 aromatic rings. The molecule has 1 aromatic carbocycles. The first-order chi connectivity index (χ1) is 8.11. The summed E-state index contributed by atoms with van der Waals surface area (Å²) in [4.78, 5) is 1.47. The molecule has 17 heavy (non-hydrogen) atoms. The number of rotatable bonds is 3. The summed E-state index contributed by atoms with van der Waals surface area (Å²) < 4.78 is 13.8. The first kappa shape index (κ1) is 11.7. The zero-order valence-electron chi connectivity index (χ0n) is 10.1. The van der Waals surface area contributed by atoms with Crippen LogP contribution < -0.4 is 5.32 Å². The SMILES string of the molecule is CNC(c1cnn(C)n1)c1cc(C)ccc1F. The number of aryl methyl sites for hydroxylation is 2. The first-order valence-electron chi connectivity index (χ1n) is 5.41. The van der Waals surface area contributed by atoms with Crippen molar-refractivity contribution in [2.45, 2.75) is 13.0 Å². The van der Waals surface area contributed by atoms with Gasteiger partial charge < -0.3 is 5.32 Å². The van der Waals surface area contributed by atoms with Crippen LogP contribution in [0.5, 0.6) is 0 Å². The van der Waals surface area contributed by atoms with Gasteiger partial charge in [0.15, 0.2) is 0 Å². The summed E-state index contributed by atoms with van der Waals surface area (Å²) in [5.41, 5.74) is 2.32. The van der Waals surface area contributed by atoms with E-state index >= 15 is 0 Å². The van der Waals surface area contributed by atoms with Crippen molar-refractivity contribution < 1.29 is 4.39 Å². The predicted molar refractivity (Wildman–Crippen MR) is 63.0 cm³/mol. The number of hydrogen-bond acceptors (Lipinski definition) is 3. The lowest BCUT2D eigenvalue weighted by molar-refractivity contribution is 0.561. The number of halogens is 1. The highest BCUT2D eigenvalue weighted by Gasteiger charge is 2.19. The number of nitrogens with zero attached hydrogens (tertiary/aromatic N) is 3. The number of nitrogens with one attached hydrogen (secondary N) is 1. The third kappa shape index (κ3) is 2.34. The van der Waals surface area contributed by atoms with Crippen LogP contribution in [0.3, 0.4) is 0 Å². The highest BCUT2D eigenvalue weighted by molar-refractivity contribution is 5.31. The van der Waals surface area contributed by atoms with Gasteiger partial charge in [0.25, 0.3) is 0 Å². The van der Waals surface area contributed by atoms with Crippen molar-refractivity contribution in [1.29, 1.82) is 0 Å². The topological polar surface area (TPSA) is 42.7 Å². The van der Waals surface area contributed by atoms with Crippen molar-refractivity contribution >= 4 is 0 Å². The monoisotopic (exact) mass is 234 g/mol. The van der Waals surface area contributed by atoms with Crippen molar-refractivity contribution in [3.63, 3.8) is 0 Å². The summed E-state index contributed by atoms with van der Waals surface area (Å²) in [6.45, 7) is 1.94. The van der Waals surface area contributed by atoms with Crippen molar-refractivity contribution in [3.05, 3.63) is 47.0 Å². The lowest BCUT2D eigenvalue weighted by Crippen LogP contribution is -2.19. The van der Waals surface area contributed by atoms with Gasteiger partial charge in [0.1, 0.15) is 11.5 Å². The lowest BCUT2D eigenvalue weighted by atomic mass is 10.0. The summed E-state index contributed by atoms with van der Waals surface area (Å²) in [6, 6.07) is 4.78. The summed E-state index contributed by atoms with van der Waals surface area (Å²) >= 11 is 0. The van der Waals surface area contributed by atoms with E-state index in [9.17, 15) is 4.39 Å². The molecular formula is C12H15FN4. The first-order valence-corrected chi connectivity index (χ1v) is 5.41. The van der Waals surface area contributed by atoms with Crippen LogP contribution in [0.25, 0.3) is 0 Å². The Morgan fingerprint density at radius 2 is 2.18 bits per heavy atom. The molecule has 0 radical (unpaired) electrons. The van der Waals surface area contributed by atoms with Crippen LogP contribution in [0, 0.1) is 12.7 Å². The van der Waals surface area contributed by atoms with E-state index in [1.165, 1.54) is 10.9 Å². The number of aromatic nitrogens is 3. The second-order valence-electron chi connectivity index (χ2n) is 4.01. The molecule has 0 amide bonds. The van der Waals surface area contributed by atoms with E-state index in [4.69, 9.17) is 0 Å². The van der Waals surface area contributed by atoms with Crippen molar-refractivity contribution in [2.24, 2.45) is 7.05 Å². The van der Waals surface area contributed by atoms with Crippen LogP contribution in [0.4, 0.5) is 4.39 Å². The van der Waals surface area contributed by atoms with Gasteiger partial charge in [0.2, 0.25) is 0 Å². The maximum absolute atomic E-state index is 13.8. The van der Waals surface area contributed by atoms with Crippen LogP contribution >= 0.6 is 0 Å². The molecule has 5 heteroatoms. The third-order valence-corrected chi connectivity index (χ3v) is 2.66. The van der Waals surface area contributed by atoms with Gasteiger partial charge in [0, 0.05) is 12.6 Å². The molecule has 1 atom stereocenters. The molecule has 1 heterocycles. The molecule has 0 aliphatic heterocycles. The number of hydrogen-bond donors (Lipinski definition) is 1. The summed E-state index contributed by atoms with van der Waals surface area (Å²) in [6.07, 6.45) is 1.64. The fraction of sp³-hybridized carbons (Fsp3) is 0.333. The Morgan fingerprint density at radius 1 is 1.41 bits per heavy atom. The van der Waals surface area contributed by atoms with Gasteiger partial charge in [-0.15, -0.1) is 0 Å². The van der Waals surface area contributed by atoms with Gasteiger partial charge in [-0.3, -0.25) is 0 Å². The Kier molecular flexibility index (Phi) is 3.19. The Balaban J connectivity index is 2.45. The third-order valence-electron chi connectivity index (χ3n) is 2.66. The van der Waals surface area contributed by atoms with Crippen LogP contribution in [-0.2, 0) is 7.05 Å². The minimum Gasteiger partial charge on any atom is -0.308 e. The smallest absolute Gasteiger partial charge is 0.128 e. The van der Waals surface area contributed by atoms with E-state index in [2.05, 4.69) is 15.5 Å². The second kappa shape index (κ2) is 4.63. The Labute approximate surface area is 99.5 Å². The van der Waals surface area contributed by atoms with Crippen LogP contribution in [0.2, 0.25) is 0 Å². The number of benzene rings is 1. The average Bonchev–Trinajstić information content (AvgIpc) is 2.71. The van der Waals surface area contributed by atoms with E-state index < -0.39 is 0 Å². The minimum atomic E-state index is -0.274. The van der Waals surface area contributed by atoms with E-state index in [1.807, 2.05) is 13.0 Å². The van der Waals surface area contributed by atoms with Crippen LogP contribution in [0.15, 0.2) is 24.4 Å². The van der Waals surface area contributed by atoms with Crippen LogP contribution in [-0.4, -0.2) is 22.0 Å². The summed E-state index contributed by atoms with van der Waals surface area (Å²) in [7, 11) is 3.52. The molecular weight excluding hydrogens is 219 g/mol. The van der Waals surface area contributed by atoms with Crippen LogP contribution in [0.1, 0.15) is 22.9 Å². The maximum atomic E-state index is 13.8. The normalized spacial score (nSPS) is 12.7. The Morgan fingerprint density at radius 3 is 2.76 bits per heavy atom. The molecule has 0 spiro atoms. The summed E-state index contributed by atoms with van der Waals surface area (Å²) in [5.74, 6) is -0.236. The molecule has 2 rings (SSSR count). The van der Waals surface area contributed by atoms with E-state index in [-0.39, 0.29) is 11.9 Å². The van der Waals surface area contributed by atoms with Gasteiger partial charge in [-0.1, -0.05) is 17.7 Å². The molecule has 0 aliphatic rings. The van der Waals surface area contributed by atoms with E-state index in [0.717, 1.165) is 5.56 Å². The largest absolute Gasteiger partial charge is 0.308 e. The van der Waals surface area contributed by atoms with Gasteiger partial charge in [-0.05, 0) is 20.0 Å². The quantitative estimate of drug-likeness (QED) is 0.876. The Hall–Kier alpha value is -1.75. The van der Waals surface area contributed by atoms with Gasteiger partial charge >= 0.3 is 0 Å². The fourth-order valence-electron chi connectivity index (χ4n) is 1.84. The second-order valence-corrected chi connectivity index (χ2v) is 4.01. The minimum absolute atomic E-state index is 0.236. The van der Waals surface area contributed by atoms with E-state index in [0.29, 0.717) is 11.3 Å². The average molecular weight is 234 g/mol. The molecule has 0 saturated heterocycles. The molecule has 1 unspecified atom stereocenters. The molecule has 0 fully saturated rings. The highest BCUT2D eigenvalue weighted by Crippen LogP contribution is 2.23. The highest BCUT2D eigenvalue weighted by atomic mass is 19.1. The molecule has 1 N–H and O–H groups in total. The molecule has 4 nitrogen and oxygen atoms in total. The Bertz CT molecular complexity index is 521. The van der Waals surface area contributed by atoms with Gasteiger partial charge in [0.05, 0.1) is 12.2 Å². The zero-order chi connectivity index (χ0) is 12.4. The predicted octanol–water partition coefficient (Wildman–Crippen LogP) is 1.57.